The molecule has 68 valence electrons. The third-order valence-corrected chi connectivity index (χ3v) is 2.22. The highest BCUT2D eigenvalue weighted by Crippen LogP contribution is 2.14. The van der Waals surface area contributed by atoms with E-state index in [0.29, 0.717) is 6.54 Å². The molecule has 0 saturated carbocycles. The second-order valence-corrected chi connectivity index (χ2v) is 3.12. The number of pyridine rings is 1. The maximum absolute atomic E-state index is 5.58. The molecular formula is C9H12N4. The molecule has 0 bridgehead atoms. The zero-order valence-electron chi connectivity index (χ0n) is 7.78. The Balaban J connectivity index is 2.76. The van der Waals surface area contributed by atoms with Gasteiger partial charge in [-0.2, -0.15) is 5.10 Å². The van der Waals surface area contributed by atoms with Crippen LogP contribution in [0.1, 0.15) is 11.3 Å². The van der Waals surface area contributed by atoms with E-state index in [4.69, 9.17) is 5.73 Å². The summed E-state index contributed by atoms with van der Waals surface area (Å²) in [6.07, 6.45) is 1.81. The van der Waals surface area contributed by atoms with E-state index >= 15 is 0 Å². The van der Waals surface area contributed by atoms with Crippen LogP contribution in [0.15, 0.2) is 12.3 Å². The number of hydrogen-bond donors (Lipinski definition) is 1. The molecule has 0 aromatic carbocycles. The van der Waals surface area contributed by atoms with E-state index in [9.17, 15) is 0 Å². The molecular weight excluding hydrogens is 164 g/mol. The Morgan fingerprint density at radius 1 is 1.54 bits per heavy atom. The smallest absolute Gasteiger partial charge is 0.157 e. The first kappa shape index (κ1) is 8.19. The molecule has 0 unspecified atom stereocenters. The van der Waals surface area contributed by atoms with Crippen molar-refractivity contribution in [3.8, 4) is 0 Å². The van der Waals surface area contributed by atoms with E-state index < -0.39 is 0 Å². The third kappa shape index (κ3) is 1.19. The average molecular weight is 176 g/mol. The summed E-state index contributed by atoms with van der Waals surface area (Å²) in [4.78, 5) is 4.43. The molecule has 0 saturated heterocycles. The summed E-state index contributed by atoms with van der Waals surface area (Å²) < 4.78 is 1.77. The monoisotopic (exact) mass is 176 g/mol. The van der Waals surface area contributed by atoms with Gasteiger partial charge in [0.1, 0.15) is 0 Å². The molecule has 0 radical (unpaired) electrons. The number of hydrogen-bond acceptors (Lipinski definition) is 3. The van der Waals surface area contributed by atoms with Crippen molar-refractivity contribution >= 4 is 11.0 Å². The van der Waals surface area contributed by atoms with Gasteiger partial charge >= 0.3 is 0 Å². The first-order chi connectivity index (χ1) is 6.22. The van der Waals surface area contributed by atoms with Gasteiger partial charge in [0.25, 0.3) is 0 Å². The van der Waals surface area contributed by atoms with Gasteiger partial charge in [-0.1, -0.05) is 0 Å². The number of nitrogens with two attached hydrogens (primary N) is 1. The van der Waals surface area contributed by atoms with Gasteiger partial charge < -0.3 is 5.73 Å². The van der Waals surface area contributed by atoms with Gasteiger partial charge in [-0.3, -0.25) is 4.68 Å². The summed E-state index contributed by atoms with van der Waals surface area (Å²) >= 11 is 0. The number of fused-ring (bicyclic) bond motifs is 1. The number of rotatable bonds is 1. The first-order valence-electron chi connectivity index (χ1n) is 4.20. The van der Waals surface area contributed by atoms with Crippen molar-refractivity contribution in [3.05, 3.63) is 23.5 Å². The predicted molar refractivity (Wildman–Crippen MR) is 51.1 cm³/mol. The largest absolute Gasteiger partial charge is 0.326 e. The number of nitrogens with zero attached hydrogens (tertiary/aromatic N) is 3. The van der Waals surface area contributed by atoms with Gasteiger partial charge in [0.2, 0.25) is 0 Å². The van der Waals surface area contributed by atoms with Crippen LogP contribution in [0, 0.1) is 6.92 Å². The fourth-order valence-corrected chi connectivity index (χ4v) is 1.42. The van der Waals surface area contributed by atoms with Gasteiger partial charge in [-0.25, -0.2) is 4.98 Å². The second kappa shape index (κ2) is 2.81. The minimum atomic E-state index is 0.531. The van der Waals surface area contributed by atoms with Crippen molar-refractivity contribution in [3.63, 3.8) is 0 Å². The Kier molecular flexibility index (Phi) is 1.77. The molecule has 0 spiro atoms. The van der Waals surface area contributed by atoms with Crippen molar-refractivity contribution in [2.45, 2.75) is 13.5 Å². The Morgan fingerprint density at radius 2 is 2.31 bits per heavy atom. The Morgan fingerprint density at radius 3 is 3.00 bits per heavy atom. The van der Waals surface area contributed by atoms with Crippen molar-refractivity contribution in [1.29, 1.82) is 0 Å². The third-order valence-electron chi connectivity index (χ3n) is 2.22. The normalized spacial score (nSPS) is 11.0. The molecule has 0 aliphatic carbocycles. The standard InChI is InChI=1S/C9H12N4/c1-6-7(4-10)3-8-5-11-13(2)9(8)12-6/h3,5H,4,10H2,1-2H3. The summed E-state index contributed by atoms with van der Waals surface area (Å²) in [5.41, 5.74) is 8.56. The zero-order chi connectivity index (χ0) is 9.42. The van der Waals surface area contributed by atoms with E-state index in [0.717, 1.165) is 22.3 Å². The fraction of sp³-hybridized carbons (Fsp3) is 0.333. The number of aryl methyl sites for hydroxylation is 2. The van der Waals surface area contributed by atoms with Gasteiger partial charge in [0.15, 0.2) is 5.65 Å². The van der Waals surface area contributed by atoms with Crippen LogP contribution >= 0.6 is 0 Å². The van der Waals surface area contributed by atoms with Crippen molar-refractivity contribution in [1.82, 2.24) is 14.8 Å². The maximum Gasteiger partial charge on any atom is 0.157 e. The highest BCUT2D eigenvalue weighted by Gasteiger charge is 2.04. The lowest BCUT2D eigenvalue weighted by atomic mass is 10.2. The molecule has 0 fully saturated rings. The van der Waals surface area contributed by atoms with Crippen LogP contribution in [-0.2, 0) is 13.6 Å². The predicted octanol–water partition coefficient (Wildman–Crippen LogP) is 0.735. The molecule has 2 rings (SSSR count). The lowest BCUT2D eigenvalue weighted by molar-refractivity contribution is 0.784. The van der Waals surface area contributed by atoms with E-state index in [1.807, 2.05) is 20.0 Å². The minimum absolute atomic E-state index is 0.531. The summed E-state index contributed by atoms with van der Waals surface area (Å²) in [7, 11) is 1.89. The van der Waals surface area contributed by atoms with Crippen LogP contribution < -0.4 is 5.73 Å². The van der Waals surface area contributed by atoms with Crippen LogP contribution in [0.25, 0.3) is 11.0 Å². The summed E-state index contributed by atoms with van der Waals surface area (Å²) in [6.45, 7) is 2.50. The van der Waals surface area contributed by atoms with Gasteiger partial charge in [0, 0.05) is 24.7 Å². The van der Waals surface area contributed by atoms with Crippen LogP contribution in [0.3, 0.4) is 0 Å². The SMILES string of the molecule is Cc1nc2c(cnn2C)cc1CN. The molecule has 2 aromatic heterocycles. The molecule has 0 atom stereocenters. The maximum atomic E-state index is 5.58. The van der Waals surface area contributed by atoms with Crippen LogP contribution in [0.4, 0.5) is 0 Å². The summed E-state index contributed by atoms with van der Waals surface area (Å²) in [5, 5.41) is 5.18. The van der Waals surface area contributed by atoms with Crippen molar-refractivity contribution in [2.75, 3.05) is 0 Å². The molecule has 2 N–H and O–H groups in total. The Bertz CT molecular complexity index is 444. The number of aromatic nitrogens is 3. The lowest BCUT2D eigenvalue weighted by Crippen LogP contribution is -2.02. The lowest BCUT2D eigenvalue weighted by Gasteiger charge is -2.02. The summed E-state index contributed by atoms with van der Waals surface area (Å²) in [5.74, 6) is 0. The zero-order valence-corrected chi connectivity index (χ0v) is 7.78. The van der Waals surface area contributed by atoms with Crippen molar-refractivity contribution in [2.24, 2.45) is 12.8 Å². The molecule has 4 nitrogen and oxygen atoms in total. The van der Waals surface area contributed by atoms with E-state index in [1.165, 1.54) is 0 Å². The van der Waals surface area contributed by atoms with E-state index in [-0.39, 0.29) is 0 Å². The Hall–Kier alpha value is -1.42. The molecule has 0 aliphatic rings. The minimum Gasteiger partial charge on any atom is -0.326 e. The quantitative estimate of drug-likeness (QED) is 0.697. The van der Waals surface area contributed by atoms with Gasteiger partial charge in [0.05, 0.1) is 6.20 Å². The second-order valence-electron chi connectivity index (χ2n) is 3.12. The van der Waals surface area contributed by atoms with Crippen molar-refractivity contribution < 1.29 is 0 Å². The molecule has 13 heavy (non-hydrogen) atoms. The molecule has 4 heteroatoms. The molecule has 0 amide bonds. The van der Waals surface area contributed by atoms with Crippen LogP contribution in [0.2, 0.25) is 0 Å². The first-order valence-corrected chi connectivity index (χ1v) is 4.20. The Labute approximate surface area is 76.4 Å². The highest BCUT2D eigenvalue weighted by atomic mass is 15.3. The average Bonchev–Trinajstić information content (AvgIpc) is 2.47. The van der Waals surface area contributed by atoms with Crippen LogP contribution in [-0.4, -0.2) is 14.8 Å². The van der Waals surface area contributed by atoms with Gasteiger partial charge in [-0.15, -0.1) is 0 Å². The van der Waals surface area contributed by atoms with E-state index in [2.05, 4.69) is 10.1 Å². The topological polar surface area (TPSA) is 56.7 Å². The highest BCUT2D eigenvalue weighted by molar-refractivity contribution is 5.75. The van der Waals surface area contributed by atoms with E-state index in [1.54, 1.807) is 10.9 Å². The summed E-state index contributed by atoms with van der Waals surface area (Å²) in [6, 6.07) is 2.05. The van der Waals surface area contributed by atoms with Gasteiger partial charge in [-0.05, 0) is 18.6 Å². The fourth-order valence-electron chi connectivity index (χ4n) is 1.42. The van der Waals surface area contributed by atoms with Crippen LogP contribution in [0.5, 0.6) is 0 Å². The molecule has 2 heterocycles. The molecule has 0 aliphatic heterocycles. The molecule has 2 aromatic rings.